The van der Waals surface area contributed by atoms with E-state index in [2.05, 4.69) is 9.97 Å². The molecule has 0 fully saturated rings. The standard InChI is InChI=1S/C54H22F12N6O2/c55-51(56,57)35-17-31(18-36(21-35)52(58,59)60)27-9-13-29(14-10-27)39-5-1-3-7-41(39)43-45-48(74-49(71-45)33(23-67)24-68)44(46-47(43)73-50(72-46)34(25-69)26-70)42-8-4-2-6-40(42)30-15-11-28(12-16-30)32-19-37(53(61,62)63)22-38(20-32)54(64,65)66/h1-22H. The fraction of sp³-hybridized carbons (Fsp3) is 0.0741. The molecular formula is C54H22F12N6O2. The minimum atomic E-state index is -5.11. The summed E-state index contributed by atoms with van der Waals surface area (Å²) in [5.74, 6) is 0. The predicted octanol–water partition coefficient (Wildman–Crippen LogP) is 14.4. The van der Waals surface area contributed by atoms with Crippen LogP contribution in [0.5, 0.6) is 0 Å². The number of oxazole rings is 2. The summed E-state index contributed by atoms with van der Waals surface area (Å²) in [5, 5.41) is 39.9. The van der Waals surface area contributed by atoms with Gasteiger partial charge >= 0.3 is 24.7 Å². The van der Waals surface area contributed by atoms with Gasteiger partial charge < -0.3 is 8.83 Å². The van der Waals surface area contributed by atoms with Gasteiger partial charge in [0.25, 0.3) is 0 Å². The Morgan fingerprint density at radius 1 is 0.351 bits per heavy atom. The molecule has 0 aliphatic heterocycles. The molecule has 0 spiro atoms. The first kappa shape index (κ1) is 49.3. The molecule has 2 heterocycles. The van der Waals surface area contributed by atoms with Gasteiger partial charge in [-0.3, -0.25) is 0 Å². The number of nitrogens with zero attached hydrogens (tertiary/aromatic N) is 6. The summed E-state index contributed by atoms with van der Waals surface area (Å²) in [6.45, 7) is 0. The Kier molecular flexibility index (Phi) is 12.1. The zero-order valence-electron chi connectivity index (χ0n) is 36.7. The molecule has 2 aromatic heterocycles. The number of alkyl halides is 12. The molecule has 0 N–H and O–H groups in total. The smallest absolute Gasteiger partial charge is 0.416 e. The molecule has 9 aromatic rings. The van der Waals surface area contributed by atoms with Crippen LogP contribution in [0.3, 0.4) is 0 Å². The van der Waals surface area contributed by atoms with Gasteiger partial charge in [0.15, 0.2) is 22.3 Å². The van der Waals surface area contributed by atoms with Crippen LogP contribution in [-0.4, -0.2) is 9.97 Å². The van der Waals surface area contributed by atoms with Crippen molar-refractivity contribution in [3.05, 3.63) is 167 Å². The molecule has 0 saturated heterocycles. The number of benzene rings is 7. The maximum Gasteiger partial charge on any atom is 0.416 e. The molecule has 0 atom stereocenters. The molecule has 7 aromatic carbocycles. The van der Waals surface area contributed by atoms with Crippen LogP contribution in [0, 0.1) is 45.3 Å². The lowest BCUT2D eigenvalue weighted by molar-refractivity contribution is -0.144. The third kappa shape index (κ3) is 9.12. The molecule has 9 rings (SSSR count). The molecule has 20 heteroatoms. The van der Waals surface area contributed by atoms with Crippen molar-refractivity contribution in [1.29, 1.82) is 21.0 Å². The summed E-state index contributed by atoms with van der Waals surface area (Å²) in [6, 6.07) is 32.9. The average Bonchev–Trinajstić information content (AvgIpc) is 4.00. The number of hydrogen-bond acceptors (Lipinski definition) is 8. The lowest BCUT2D eigenvalue weighted by Crippen LogP contribution is -2.11. The van der Waals surface area contributed by atoms with Gasteiger partial charge in [0, 0.05) is 0 Å². The Bertz CT molecular complexity index is 3640. The van der Waals surface area contributed by atoms with Gasteiger partial charge in [-0.25, -0.2) is 9.97 Å². The molecule has 74 heavy (non-hydrogen) atoms. The summed E-state index contributed by atoms with van der Waals surface area (Å²) in [5.41, 5.74) is -7.52. The second-order valence-electron chi connectivity index (χ2n) is 16.2. The van der Waals surface area contributed by atoms with E-state index in [1.807, 2.05) is 0 Å². The maximum absolute atomic E-state index is 13.8. The summed E-state index contributed by atoms with van der Waals surface area (Å²) in [7, 11) is 0. The van der Waals surface area contributed by atoms with Crippen molar-refractivity contribution in [2.45, 2.75) is 24.7 Å². The number of aromatic nitrogens is 2. The highest BCUT2D eigenvalue weighted by molar-refractivity contribution is 6.18. The van der Waals surface area contributed by atoms with E-state index in [1.165, 1.54) is 48.5 Å². The predicted molar refractivity (Wildman–Crippen MR) is 243 cm³/mol. The molecule has 0 unspecified atom stereocenters. The highest BCUT2D eigenvalue weighted by atomic mass is 19.4. The highest BCUT2D eigenvalue weighted by Crippen LogP contribution is 2.48. The molecule has 0 bridgehead atoms. The summed E-state index contributed by atoms with van der Waals surface area (Å²) in [4.78, 5) is 9.17. The summed E-state index contributed by atoms with van der Waals surface area (Å²) < 4.78 is 178. The monoisotopic (exact) mass is 1010 g/mol. The topological polar surface area (TPSA) is 147 Å². The van der Waals surface area contributed by atoms with Crippen LogP contribution in [0.1, 0.15) is 22.3 Å². The Balaban J connectivity index is 1.28. The normalized spacial score (nSPS) is 12.0. The van der Waals surface area contributed by atoms with Crippen LogP contribution < -0.4 is 11.1 Å². The third-order valence-corrected chi connectivity index (χ3v) is 11.7. The van der Waals surface area contributed by atoms with Gasteiger partial charge in [-0.1, -0.05) is 97.1 Å². The summed E-state index contributed by atoms with van der Waals surface area (Å²) >= 11 is 0. The van der Waals surface area contributed by atoms with E-state index in [9.17, 15) is 73.7 Å². The number of nitriles is 4. The van der Waals surface area contributed by atoms with Crippen molar-refractivity contribution in [2.75, 3.05) is 0 Å². The fourth-order valence-corrected chi connectivity index (χ4v) is 8.32. The highest BCUT2D eigenvalue weighted by Gasteiger charge is 2.39. The van der Waals surface area contributed by atoms with Crippen molar-refractivity contribution in [3.63, 3.8) is 0 Å². The molecular weight excluding hydrogens is 993 g/mol. The first-order valence-electron chi connectivity index (χ1n) is 21.1. The first-order chi connectivity index (χ1) is 35.0. The quantitative estimate of drug-likeness (QED) is 0.150. The van der Waals surface area contributed by atoms with Crippen molar-refractivity contribution in [2.24, 2.45) is 0 Å². The molecule has 0 aliphatic rings. The second-order valence-corrected chi connectivity index (χ2v) is 16.2. The van der Waals surface area contributed by atoms with Crippen LogP contribution in [0.15, 0.2) is 142 Å². The Labute approximate surface area is 407 Å². The van der Waals surface area contributed by atoms with Gasteiger partial charge in [-0.05, 0) is 92.0 Å². The van der Waals surface area contributed by atoms with Gasteiger partial charge in [-0.15, -0.1) is 0 Å². The van der Waals surface area contributed by atoms with Crippen LogP contribution in [0.4, 0.5) is 52.7 Å². The van der Waals surface area contributed by atoms with E-state index in [1.54, 1.807) is 72.8 Å². The lowest BCUT2D eigenvalue weighted by atomic mass is 9.88. The van der Waals surface area contributed by atoms with Crippen LogP contribution in [-0.2, 0) is 24.7 Å². The van der Waals surface area contributed by atoms with E-state index < -0.39 is 69.2 Å². The van der Waals surface area contributed by atoms with Gasteiger partial charge in [0.1, 0.15) is 35.3 Å². The largest absolute Gasteiger partial charge is 0.434 e. The Hall–Kier alpha value is -9.66. The number of hydrogen-bond donors (Lipinski definition) is 0. The van der Waals surface area contributed by atoms with Crippen LogP contribution in [0.2, 0.25) is 0 Å². The van der Waals surface area contributed by atoms with Crippen molar-refractivity contribution in [3.8, 4) is 91.0 Å². The maximum atomic E-state index is 13.8. The molecule has 0 saturated carbocycles. The van der Waals surface area contributed by atoms with Crippen molar-refractivity contribution in [1.82, 2.24) is 9.97 Å². The second kappa shape index (κ2) is 18.2. The van der Waals surface area contributed by atoms with E-state index in [0.29, 0.717) is 46.5 Å². The summed E-state index contributed by atoms with van der Waals surface area (Å²) in [6.07, 6.45) is -20.4. The third-order valence-electron chi connectivity index (χ3n) is 11.7. The SMILES string of the molecule is N#CC(C#N)=c1nc2c(-c3ccccc3-c3ccc(-c4cc(C(F)(F)F)cc(C(F)(F)F)c4)cc3)c3oc(=C(C#N)C#N)nc3c(-c3ccccc3-c3ccc(-c4cc(C(F)(F)F)cc(C(F)(F)F)c4)cc3)c2o1. The van der Waals surface area contributed by atoms with Crippen LogP contribution in [0.25, 0.3) is 100 Å². The minimum Gasteiger partial charge on any atom is -0.434 e. The minimum absolute atomic E-state index is 0.00955. The zero-order chi connectivity index (χ0) is 53.1. The number of halogens is 12. The molecule has 0 amide bonds. The first-order valence-corrected chi connectivity index (χ1v) is 21.1. The number of fused-ring (bicyclic) bond motifs is 2. The zero-order valence-corrected chi connectivity index (χ0v) is 36.7. The van der Waals surface area contributed by atoms with Crippen molar-refractivity contribution < 1.29 is 61.5 Å². The molecule has 8 nitrogen and oxygen atoms in total. The van der Waals surface area contributed by atoms with E-state index in [4.69, 9.17) is 8.83 Å². The van der Waals surface area contributed by atoms with Crippen LogP contribution >= 0.6 is 0 Å². The Morgan fingerprint density at radius 2 is 0.622 bits per heavy atom. The fourth-order valence-electron chi connectivity index (χ4n) is 8.32. The molecule has 0 aliphatic carbocycles. The van der Waals surface area contributed by atoms with Gasteiger partial charge in [-0.2, -0.15) is 73.7 Å². The number of rotatable bonds is 6. The van der Waals surface area contributed by atoms with E-state index in [0.717, 1.165) is 0 Å². The average molecular weight is 1010 g/mol. The van der Waals surface area contributed by atoms with Gasteiger partial charge in [0.05, 0.1) is 33.4 Å². The Morgan fingerprint density at radius 3 is 0.892 bits per heavy atom. The van der Waals surface area contributed by atoms with E-state index >= 15 is 0 Å². The molecule has 364 valence electrons. The van der Waals surface area contributed by atoms with Crippen molar-refractivity contribution >= 4 is 33.3 Å². The molecule has 0 radical (unpaired) electrons. The lowest BCUT2D eigenvalue weighted by Gasteiger charge is -2.16. The van der Waals surface area contributed by atoms with Gasteiger partial charge in [0.2, 0.25) is 11.1 Å². The van der Waals surface area contributed by atoms with E-state index in [-0.39, 0.29) is 78.8 Å².